The normalized spacial score (nSPS) is 30.6. The predicted octanol–water partition coefficient (Wildman–Crippen LogP) is 4.87. The van der Waals surface area contributed by atoms with Crippen molar-refractivity contribution in [2.24, 2.45) is 0 Å². The molecule has 0 aromatic carbocycles. The summed E-state index contributed by atoms with van der Waals surface area (Å²) < 4.78 is 0. The van der Waals surface area contributed by atoms with Crippen LogP contribution in [0.3, 0.4) is 0 Å². The molecule has 1 nitrogen and oxygen atoms in total. The molecule has 2 heteroatoms. The summed E-state index contributed by atoms with van der Waals surface area (Å²) in [6, 6.07) is 0. The molecule has 3 fully saturated rings. The molecule has 2 spiro atoms. The number of Topliss-reactive ketones (excluding diaryl/α,β-unsaturated/α-hetero) is 1. The summed E-state index contributed by atoms with van der Waals surface area (Å²) in [7, 11) is 0.110. The molecule has 2 saturated carbocycles. The van der Waals surface area contributed by atoms with E-state index in [9.17, 15) is 4.79 Å². The van der Waals surface area contributed by atoms with Crippen LogP contribution < -0.4 is 0 Å². The molecule has 1 heterocycles. The second kappa shape index (κ2) is 4.89. The molecule has 2 aliphatic carbocycles. The molecule has 0 bridgehead atoms. The van der Waals surface area contributed by atoms with Crippen LogP contribution in [0.2, 0.25) is 0 Å². The molecule has 0 aromatic rings. The molecule has 0 unspecified atom stereocenters. The van der Waals surface area contributed by atoms with Crippen molar-refractivity contribution >= 4 is 13.7 Å². The van der Waals surface area contributed by atoms with Crippen molar-refractivity contribution in [2.45, 2.75) is 87.9 Å². The van der Waals surface area contributed by atoms with Crippen LogP contribution in [0.25, 0.3) is 0 Å². The number of ketones is 1. The van der Waals surface area contributed by atoms with E-state index >= 15 is 0 Å². The Labute approximate surface area is 113 Å². The zero-order chi connectivity index (χ0) is 12.6. The first-order chi connectivity index (χ1) is 8.71. The zero-order valence-electron chi connectivity index (χ0n) is 11.8. The number of hydrogen-bond acceptors (Lipinski definition) is 1. The maximum absolute atomic E-state index is 12.3. The monoisotopic (exact) mass is 266 g/mol. The fraction of sp³-hybridized carbons (Fsp3) is 0.938. The Kier molecular flexibility index (Phi) is 3.56. The lowest BCUT2D eigenvalue weighted by Crippen LogP contribution is -2.44. The van der Waals surface area contributed by atoms with Crippen LogP contribution in [0.5, 0.6) is 0 Å². The maximum Gasteiger partial charge on any atom is 0.134 e. The van der Waals surface area contributed by atoms with Gasteiger partial charge in [-0.2, -0.15) is 0 Å². The summed E-state index contributed by atoms with van der Waals surface area (Å²) in [6.07, 6.45) is 15.8. The van der Waals surface area contributed by atoms with Gasteiger partial charge in [-0.3, -0.25) is 4.79 Å². The first-order valence-electron chi connectivity index (χ1n) is 8.00. The third-order valence-electron chi connectivity index (χ3n) is 5.71. The number of carbonyl (C=O) groups is 1. The summed E-state index contributed by atoms with van der Waals surface area (Å²) in [4.78, 5) is 12.3. The lowest BCUT2D eigenvalue weighted by molar-refractivity contribution is -0.120. The van der Waals surface area contributed by atoms with Gasteiger partial charge >= 0.3 is 0 Å². The molecule has 0 radical (unpaired) electrons. The van der Waals surface area contributed by atoms with Gasteiger partial charge in [0, 0.05) is 12.8 Å². The van der Waals surface area contributed by atoms with Crippen LogP contribution in [0, 0.1) is 0 Å². The standard InChI is InChI=1S/C16H27OP/c1-2-11-18-15(7-3-4-8-15)12-14(17)13-16(18)9-5-6-10-16/h2-13H2,1H3. The van der Waals surface area contributed by atoms with E-state index in [2.05, 4.69) is 6.92 Å². The number of rotatable bonds is 2. The van der Waals surface area contributed by atoms with Gasteiger partial charge in [-0.1, -0.05) is 46.9 Å². The van der Waals surface area contributed by atoms with E-state index in [0.717, 1.165) is 12.8 Å². The van der Waals surface area contributed by atoms with Crippen molar-refractivity contribution in [3.8, 4) is 0 Å². The van der Waals surface area contributed by atoms with E-state index in [1.165, 1.54) is 63.9 Å². The zero-order valence-corrected chi connectivity index (χ0v) is 12.7. The van der Waals surface area contributed by atoms with Crippen LogP contribution in [-0.2, 0) is 4.79 Å². The molecule has 3 rings (SSSR count). The quantitative estimate of drug-likeness (QED) is 0.652. The van der Waals surface area contributed by atoms with E-state index in [1.54, 1.807) is 0 Å². The molecule has 3 aliphatic rings. The Morgan fingerprint density at radius 3 is 1.78 bits per heavy atom. The second-order valence-electron chi connectivity index (χ2n) is 6.91. The Morgan fingerprint density at radius 2 is 1.39 bits per heavy atom. The van der Waals surface area contributed by atoms with Crippen molar-refractivity contribution in [1.82, 2.24) is 0 Å². The number of hydrogen-bond donors (Lipinski definition) is 0. The largest absolute Gasteiger partial charge is 0.300 e. The van der Waals surface area contributed by atoms with Crippen molar-refractivity contribution < 1.29 is 4.79 Å². The SMILES string of the molecule is CCCP1C2(CCCC2)CC(=O)CC12CCCC2. The highest BCUT2D eigenvalue weighted by Gasteiger charge is 2.56. The minimum absolute atomic E-state index is 0.110. The predicted molar refractivity (Wildman–Crippen MR) is 78.7 cm³/mol. The van der Waals surface area contributed by atoms with E-state index in [1.807, 2.05) is 0 Å². The first kappa shape index (κ1) is 13.1. The van der Waals surface area contributed by atoms with Gasteiger partial charge in [-0.05, 0) is 42.2 Å². The molecule has 0 N–H and O–H groups in total. The van der Waals surface area contributed by atoms with Crippen molar-refractivity contribution in [2.75, 3.05) is 6.16 Å². The smallest absolute Gasteiger partial charge is 0.134 e. The topological polar surface area (TPSA) is 17.1 Å². The molecule has 0 atom stereocenters. The van der Waals surface area contributed by atoms with Crippen molar-refractivity contribution in [3.63, 3.8) is 0 Å². The van der Waals surface area contributed by atoms with Crippen LogP contribution in [-0.4, -0.2) is 22.3 Å². The van der Waals surface area contributed by atoms with Gasteiger partial charge in [0.25, 0.3) is 0 Å². The molecule has 1 aliphatic heterocycles. The Hall–Kier alpha value is 0.100. The minimum Gasteiger partial charge on any atom is -0.300 e. The minimum atomic E-state index is 0.110. The van der Waals surface area contributed by atoms with Crippen molar-refractivity contribution in [1.29, 1.82) is 0 Å². The molecule has 102 valence electrons. The number of carbonyl (C=O) groups excluding carboxylic acids is 1. The van der Waals surface area contributed by atoms with Crippen LogP contribution in [0.15, 0.2) is 0 Å². The summed E-state index contributed by atoms with van der Waals surface area (Å²) >= 11 is 0. The van der Waals surface area contributed by atoms with Gasteiger partial charge in [-0.15, -0.1) is 0 Å². The average Bonchev–Trinajstić information content (AvgIpc) is 2.95. The summed E-state index contributed by atoms with van der Waals surface area (Å²) in [5.74, 6) is 0.619. The van der Waals surface area contributed by atoms with Crippen LogP contribution >= 0.6 is 7.92 Å². The Morgan fingerprint density at radius 1 is 0.944 bits per heavy atom. The molecular formula is C16H27OP. The summed E-state index contributed by atoms with van der Waals surface area (Å²) in [6.45, 7) is 2.35. The lowest BCUT2D eigenvalue weighted by atomic mass is 9.90. The maximum atomic E-state index is 12.3. The molecule has 1 saturated heterocycles. The van der Waals surface area contributed by atoms with Crippen molar-refractivity contribution in [3.05, 3.63) is 0 Å². The van der Waals surface area contributed by atoms with Gasteiger partial charge in [0.05, 0.1) is 0 Å². The van der Waals surface area contributed by atoms with Crippen LogP contribution in [0.1, 0.15) is 77.6 Å². The van der Waals surface area contributed by atoms with Gasteiger partial charge in [-0.25, -0.2) is 0 Å². The van der Waals surface area contributed by atoms with Gasteiger partial charge < -0.3 is 0 Å². The Bertz CT molecular complexity index is 296. The lowest BCUT2D eigenvalue weighted by Gasteiger charge is -2.53. The summed E-state index contributed by atoms with van der Waals surface area (Å²) in [5.41, 5.74) is 0. The summed E-state index contributed by atoms with van der Waals surface area (Å²) in [5, 5.41) is 1.01. The third-order valence-corrected chi connectivity index (χ3v) is 10.1. The van der Waals surface area contributed by atoms with E-state index < -0.39 is 0 Å². The second-order valence-corrected chi connectivity index (χ2v) is 10.1. The van der Waals surface area contributed by atoms with Gasteiger partial charge in [0.2, 0.25) is 0 Å². The van der Waals surface area contributed by atoms with E-state index in [-0.39, 0.29) is 7.92 Å². The molecule has 0 amide bonds. The Balaban J connectivity index is 1.94. The van der Waals surface area contributed by atoms with Crippen LogP contribution in [0.4, 0.5) is 0 Å². The highest BCUT2D eigenvalue weighted by molar-refractivity contribution is 7.61. The first-order valence-corrected chi connectivity index (χ1v) is 9.53. The fourth-order valence-corrected chi connectivity index (χ4v) is 10.00. The molecular weight excluding hydrogens is 239 g/mol. The van der Waals surface area contributed by atoms with Gasteiger partial charge in [0.15, 0.2) is 0 Å². The third kappa shape index (κ3) is 1.98. The average molecular weight is 266 g/mol. The van der Waals surface area contributed by atoms with Gasteiger partial charge in [0.1, 0.15) is 5.78 Å². The van der Waals surface area contributed by atoms with E-state index in [0.29, 0.717) is 16.1 Å². The molecule has 18 heavy (non-hydrogen) atoms. The highest BCUT2D eigenvalue weighted by atomic mass is 31.1. The highest BCUT2D eigenvalue weighted by Crippen LogP contribution is 2.73. The molecule has 0 aromatic heterocycles. The van der Waals surface area contributed by atoms with E-state index in [4.69, 9.17) is 0 Å². The fourth-order valence-electron chi connectivity index (χ4n) is 5.15.